The number of alkyl carbamates (subject to hydrolysis) is 1. The van der Waals surface area contributed by atoms with Crippen molar-refractivity contribution < 1.29 is 14.3 Å². The molecule has 2 aromatic rings. The SMILES string of the molecule is CC(C)(C)OC(=O)NCCNC(=O)c1cc2cc(N)ccc2[nH]1. The number of hydrogen-bond donors (Lipinski definition) is 4. The van der Waals surface area contributed by atoms with Crippen LogP contribution in [0.2, 0.25) is 0 Å². The van der Waals surface area contributed by atoms with Crippen molar-refractivity contribution in [1.29, 1.82) is 0 Å². The maximum Gasteiger partial charge on any atom is 0.407 e. The fraction of sp³-hybridized carbons (Fsp3) is 0.375. The molecule has 23 heavy (non-hydrogen) atoms. The molecule has 2 amide bonds. The summed E-state index contributed by atoms with van der Waals surface area (Å²) in [4.78, 5) is 26.5. The van der Waals surface area contributed by atoms with Gasteiger partial charge in [0.1, 0.15) is 11.3 Å². The molecule has 124 valence electrons. The van der Waals surface area contributed by atoms with Gasteiger partial charge < -0.3 is 26.1 Å². The van der Waals surface area contributed by atoms with E-state index in [-0.39, 0.29) is 12.5 Å². The van der Waals surface area contributed by atoms with Crippen LogP contribution < -0.4 is 16.4 Å². The fourth-order valence-electron chi connectivity index (χ4n) is 2.02. The first kappa shape index (κ1) is 16.7. The van der Waals surface area contributed by atoms with Crippen molar-refractivity contribution >= 4 is 28.6 Å². The van der Waals surface area contributed by atoms with Gasteiger partial charge in [-0.05, 0) is 45.0 Å². The predicted molar refractivity (Wildman–Crippen MR) is 89.3 cm³/mol. The predicted octanol–water partition coefficient (Wildman–Crippen LogP) is 2.00. The zero-order valence-electron chi connectivity index (χ0n) is 13.5. The molecule has 0 bridgehead atoms. The number of nitrogens with one attached hydrogen (secondary N) is 3. The molecule has 0 atom stereocenters. The molecule has 0 spiro atoms. The number of carbonyl (C=O) groups excluding carboxylic acids is 2. The highest BCUT2D eigenvalue weighted by molar-refractivity contribution is 5.98. The number of nitrogen functional groups attached to an aromatic ring is 1. The van der Waals surface area contributed by atoms with E-state index in [4.69, 9.17) is 10.5 Å². The Morgan fingerprint density at radius 1 is 1.17 bits per heavy atom. The minimum Gasteiger partial charge on any atom is -0.444 e. The van der Waals surface area contributed by atoms with Gasteiger partial charge in [0, 0.05) is 29.7 Å². The number of rotatable bonds is 4. The summed E-state index contributed by atoms with van der Waals surface area (Å²) in [5, 5.41) is 6.18. The van der Waals surface area contributed by atoms with E-state index >= 15 is 0 Å². The number of anilines is 1. The third-order valence-electron chi connectivity index (χ3n) is 2.97. The topological polar surface area (TPSA) is 109 Å². The molecule has 0 aliphatic heterocycles. The number of ether oxygens (including phenoxy) is 1. The van der Waals surface area contributed by atoms with E-state index in [1.165, 1.54) is 0 Å². The smallest absolute Gasteiger partial charge is 0.407 e. The average Bonchev–Trinajstić information content (AvgIpc) is 2.84. The molecule has 7 heteroatoms. The Hall–Kier alpha value is -2.70. The molecule has 0 aliphatic rings. The molecule has 5 N–H and O–H groups in total. The number of hydrogen-bond acceptors (Lipinski definition) is 4. The molecule has 0 unspecified atom stereocenters. The number of amides is 2. The number of nitrogens with two attached hydrogens (primary N) is 1. The summed E-state index contributed by atoms with van der Waals surface area (Å²) in [5.74, 6) is -0.245. The van der Waals surface area contributed by atoms with Crippen LogP contribution in [0.4, 0.5) is 10.5 Å². The zero-order valence-corrected chi connectivity index (χ0v) is 13.5. The van der Waals surface area contributed by atoms with Gasteiger partial charge in [-0.2, -0.15) is 0 Å². The Morgan fingerprint density at radius 3 is 2.57 bits per heavy atom. The Balaban J connectivity index is 1.81. The number of benzene rings is 1. The summed E-state index contributed by atoms with van der Waals surface area (Å²) in [6.45, 7) is 5.95. The second-order valence-corrected chi connectivity index (χ2v) is 6.21. The lowest BCUT2D eigenvalue weighted by molar-refractivity contribution is 0.0526. The molecular formula is C16H22N4O3. The zero-order chi connectivity index (χ0) is 17.0. The fourth-order valence-corrected chi connectivity index (χ4v) is 2.02. The molecule has 0 radical (unpaired) electrons. The van der Waals surface area contributed by atoms with Crippen LogP contribution in [0.5, 0.6) is 0 Å². The lowest BCUT2D eigenvalue weighted by Crippen LogP contribution is -2.37. The summed E-state index contributed by atoms with van der Waals surface area (Å²) >= 11 is 0. The van der Waals surface area contributed by atoms with Gasteiger partial charge in [-0.25, -0.2) is 4.79 Å². The minimum atomic E-state index is -0.542. The first-order valence-corrected chi connectivity index (χ1v) is 7.38. The van der Waals surface area contributed by atoms with E-state index in [0.29, 0.717) is 17.9 Å². The molecule has 0 aliphatic carbocycles. The lowest BCUT2D eigenvalue weighted by Gasteiger charge is -2.19. The van der Waals surface area contributed by atoms with Crippen molar-refractivity contribution in [1.82, 2.24) is 15.6 Å². The average molecular weight is 318 g/mol. The van der Waals surface area contributed by atoms with E-state index in [1.807, 2.05) is 6.07 Å². The highest BCUT2D eigenvalue weighted by atomic mass is 16.6. The summed E-state index contributed by atoms with van der Waals surface area (Å²) in [7, 11) is 0. The van der Waals surface area contributed by atoms with Gasteiger partial charge >= 0.3 is 6.09 Å². The van der Waals surface area contributed by atoms with E-state index in [0.717, 1.165) is 10.9 Å². The standard InChI is InChI=1S/C16H22N4O3/c1-16(2,3)23-15(22)19-7-6-18-14(21)13-9-10-8-11(17)4-5-12(10)20-13/h4-5,8-9,20H,6-7,17H2,1-3H3,(H,18,21)(H,19,22). The summed E-state index contributed by atoms with van der Waals surface area (Å²) in [5.41, 5.74) is 7.11. The van der Waals surface area contributed by atoms with Crippen LogP contribution >= 0.6 is 0 Å². The van der Waals surface area contributed by atoms with E-state index in [2.05, 4.69) is 15.6 Å². The van der Waals surface area contributed by atoms with Gasteiger partial charge in [0.15, 0.2) is 0 Å². The second kappa shape index (κ2) is 6.60. The number of carbonyl (C=O) groups is 2. The van der Waals surface area contributed by atoms with Crippen molar-refractivity contribution in [2.24, 2.45) is 0 Å². The van der Waals surface area contributed by atoms with Crippen molar-refractivity contribution in [3.8, 4) is 0 Å². The largest absolute Gasteiger partial charge is 0.444 e. The molecule has 0 saturated heterocycles. The first-order chi connectivity index (χ1) is 10.7. The Bertz CT molecular complexity index is 716. The number of aromatic nitrogens is 1. The van der Waals surface area contributed by atoms with E-state index in [9.17, 15) is 9.59 Å². The molecule has 7 nitrogen and oxygen atoms in total. The third kappa shape index (κ3) is 4.91. The number of H-pyrrole nitrogens is 1. The van der Waals surface area contributed by atoms with E-state index in [1.54, 1.807) is 39.0 Å². The maximum atomic E-state index is 12.1. The monoisotopic (exact) mass is 318 g/mol. The highest BCUT2D eigenvalue weighted by Gasteiger charge is 2.15. The number of fused-ring (bicyclic) bond motifs is 1. The van der Waals surface area contributed by atoms with Gasteiger partial charge in [0.05, 0.1) is 0 Å². The Labute approximate surface area is 134 Å². The van der Waals surface area contributed by atoms with Crippen LogP contribution in [0.15, 0.2) is 24.3 Å². The van der Waals surface area contributed by atoms with Gasteiger partial charge in [-0.3, -0.25) is 4.79 Å². The second-order valence-electron chi connectivity index (χ2n) is 6.21. The maximum absolute atomic E-state index is 12.1. The van der Waals surface area contributed by atoms with Gasteiger partial charge in [-0.15, -0.1) is 0 Å². The van der Waals surface area contributed by atoms with Crippen molar-refractivity contribution in [2.75, 3.05) is 18.8 Å². The first-order valence-electron chi connectivity index (χ1n) is 7.38. The van der Waals surface area contributed by atoms with Crippen molar-refractivity contribution in [2.45, 2.75) is 26.4 Å². The third-order valence-corrected chi connectivity index (χ3v) is 2.97. The van der Waals surface area contributed by atoms with Gasteiger partial charge in [-0.1, -0.05) is 0 Å². The van der Waals surface area contributed by atoms with Crippen LogP contribution in [-0.4, -0.2) is 35.7 Å². The van der Waals surface area contributed by atoms with Gasteiger partial charge in [0.25, 0.3) is 5.91 Å². The van der Waals surface area contributed by atoms with E-state index < -0.39 is 11.7 Å². The molecule has 0 saturated carbocycles. The summed E-state index contributed by atoms with van der Waals surface area (Å²) in [6, 6.07) is 7.13. The molecule has 1 aromatic carbocycles. The Kier molecular flexibility index (Phi) is 4.78. The van der Waals surface area contributed by atoms with Gasteiger partial charge in [0.2, 0.25) is 0 Å². The lowest BCUT2D eigenvalue weighted by atomic mass is 10.2. The van der Waals surface area contributed by atoms with Crippen LogP contribution in [0.25, 0.3) is 10.9 Å². The van der Waals surface area contributed by atoms with Crippen molar-refractivity contribution in [3.05, 3.63) is 30.0 Å². The van der Waals surface area contributed by atoms with Crippen LogP contribution in [0.1, 0.15) is 31.3 Å². The highest BCUT2D eigenvalue weighted by Crippen LogP contribution is 2.18. The quantitative estimate of drug-likeness (QED) is 0.510. The molecule has 0 fully saturated rings. The molecule has 1 aromatic heterocycles. The molecule has 1 heterocycles. The van der Waals surface area contributed by atoms with Crippen molar-refractivity contribution in [3.63, 3.8) is 0 Å². The summed E-state index contributed by atoms with van der Waals surface area (Å²) < 4.78 is 5.10. The number of aromatic amines is 1. The van der Waals surface area contributed by atoms with Crippen LogP contribution in [-0.2, 0) is 4.74 Å². The molecule has 2 rings (SSSR count). The normalized spacial score (nSPS) is 11.3. The summed E-state index contributed by atoms with van der Waals surface area (Å²) in [6.07, 6.45) is -0.507. The molecular weight excluding hydrogens is 296 g/mol. The Morgan fingerprint density at radius 2 is 1.87 bits per heavy atom. The minimum absolute atomic E-state index is 0.245. The van der Waals surface area contributed by atoms with Crippen LogP contribution in [0.3, 0.4) is 0 Å². The van der Waals surface area contributed by atoms with Crippen LogP contribution in [0, 0.1) is 0 Å².